The summed E-state index contributed by atoms with van der Waals surface area (Å²) in [5, 5.41) is 0. The summed E-state index contributed by atoms with van der Waals surface area (Å²) in [5.74, 6) is 0.223. The van der Waals surface area contributed by atoms with E-state index in [0.29, 0.717) is 22.3 Å². The molecule has 0 heterocycles. The fraction of sp³-hybridized carbons (Fsp3) is 0.0714. The van der Waals surface area contributed by atoms with Crippen molar-refractivity contribution >= 4 is 11.6 Å². The van der Waals surface area contributed by atoms with Crippen molar-refractivity contribution in [3.63, 3.8) is 0 Å². The molecule has 0 atom stereocenters. The van der Waals surface area contributed by atoms with Crippen LogP contribution in [0.3, 0.4) is 0 Å². The molecule has 158 valence electrons. The molecule has 0 bridgehead atoms. The van der Waals surface area contributed by atoms with Gasteiger partial charge in [-0.2, -0.15) is 0 Å². The maximum absolute atomic E-state index is 13.0. The first kappa shape index (κ1) is 21.1. The Morgan fingerprint density at radius 3 is 1.28 bits per heavy atom. The van der Waals surface area contributed by atoms with Gasteiger partial charge < -0.3 is 0 Å². The van der Waals surface area contributed by atoms with E-state index in [4.69, 9.17) is 9.78 Å². The first-order valence-corrected chi connectivity index (χ1v) is 10.3. The molecule has 0 aliphatic heterocycles. The molecule has 4 rings (SSSR count). The lowest BCUT2D eigenvalue weighted by atomic mass is 10.0. The maximum Gasteiger partial charge on any atom is 0.196 e. The van der Waals surface area contributed by atoms with Crippen LogP contribution in [0.4, 0.5) is 0 Å². The van der Waals surface area contributed by atoms with Crippen molar-refractivity contribution < 1.29 is 19.4 Å². The third kappa shape index (κ3) is 4.60. The molecule has 0 N–H and O–H groups in total. The molecule has 0 spiro atoms. The smallest absolute Gasteiger partial charge is 0.196 e. The van der Waals surface area contributed by atoms with Crippen LogP contribution < -0.4 is 9.78 Å². The van der Waals surface area contributed by atoms with Gasteiger partial charge in [0.2, 0.25) is 0 Å². The summed E-state index contributed by atoms with van der Waals surface area (Å²) in [5.41, 5.74) is 3.73. The van der Waals surface area contributed by atoms with Crippen LogP contribution in [0.1, 0.15) is 43.0 Å². The number of aryl methyl sites for hydroxylation is 2. The number of ketones is 2. The molecule has 0 amide bonds. The maximum atomic E-state index is 13.0. The minimum absolute atomic E-state index is 0.169. The van der Waals surface area contributed by atoms with Gasteiger partial charge in [-0.05, 0) is 38.1 Å². The molecular formula is C28H22O4. The van der Waals surface area contributed by atoms with Crippen molar-refractivity contribution in [3.05, 3.63) is 130 Å². The molecule has 0 aliphatic rings. The third-order valence-electron chi connectivity index (χ3n) is 5.05. The van der Waals surface area contributed by atoms with Gasteiger partial charge in [-0.3, -0.25) is 19.4 Å². The lowest BCUT2D eigenvalue weighted by Gasteiger charge is -2.13. The number of hydrogen-bond donors (Lipinski definition) is 0. The van der Waals surface area contributed by atoms with E-state index < -0.39 is 0 Å². The van der Waals surface area contributed by atoms with Crippen molar-refractivity contribution in [2.75, 3.05) is 0 Å². The lowest BCUT2D eigenvalue weighted by molar-refractivity contribution is -0.101. The highest BCUT2D eigenvalue weighted by Gasteiger charge is 2.19. The Morgan fingerprint density at radius 1 is 0.531 bits per heavy atom. The van der Waals surface area contributed by atoms with Gasteiger partial charge in [-0.15, -0.1) is 0 Å². The van der Waals surface area contributed by atoms with Crippen LogP contribution in [0.15, 0.2) is 97.1 Å². The molecule has 4 heteroatoms. The van der Waals surface area contributed by atoms with Gasteiger partial charge in [-0.1, -0.05) is 83.9 Å². The zero-order valence-electron chi connectivity index (χ0n) is 17.9. The number of rotatable bonds is 7. The minimum Gasteiger partial charge on any atom is -0.289 e. The Hall–Kier alpha value is -4.18. The summed E-state index contributed by atoms with van der Waals surface area (Å²) < 4.78 is 0. The van der Waals surface area contributed by atoms with Gasteiger partial charge in [-0.25, -0.2) is 0 Å². The molecule has 0 saturated carbocycles. The minimum atomic E-state index is -0.169. The Bertz CT molecular complexity index is 1160. The van der Waals surface area contributed by atoms with E-state index in [2.05, 4.69) is 0 Å². The second kappa shape index (κ2) is 9.31. The van der Waals surface area contributed by atoms with Crippen LogP contribution >= 0.6 is 0 Å². The molecule has 32 heavy (non-hydrogen) atoms. The molecule has 0 saturated heterocycles. The van der Waals surface area contributed by atoms with E-state index in [0.717, 1.165) is 11.1 Å². The first-order valence-electron chi connectivity index (χ1n) is 10.3. The zero-order chi connectivity index (χ0) is 22.5. The third-order valence-corrected chi connectivity index (χ3v) is 5.05. The van der Waals surface area contributed by atoms with Gasteiger partial charge in [0.15, 0.2) is 23.1 Å². The van der Waals surface area contributed by atoms with Gasteiger partial charge >= 0.3 is 0 Å². The molecule has 0 aliphatic carbocycles. The highest BCUT2D eigenvalue weighted by molar-refractivity contribution is 6.11. The van der Waals surface area contributed by atoms with Crippen molar-refractivity contribution in [1.29, 1.82) is 0 Å². The van der Waals surface area contributed by atoms with E-state index >= 15 is 0 Å². The zero-order valence-corrected chi connectivity index (χ0v) is 17.9. The molecule has 0 aromatic heterocycles. The average molecular weight is 422 g/mol. The fourth-order valence-corrected chi connectivity index (χ4v) is 3.37. The summed E-state index contributed by atoms with van der Waals surface area (Å²) in [6.07, 6.45) is 0. The van der Waals surface area contributed by atoms with Crippen molar-refractivity contribution in [3.8, 4) is 11.5 Å². The van der Waals surface area contributed by atoms with E-state index in [-0.39, 0.29) is 23.1 Å². The largest absolute Gasteiger partial charge is 0.289 e. The van der Waals surface area contributed by atoms with Crippen molar-refractivity contribution in [1.82, 2.24) is 0 Å². The quantitative estimate of drug-likeness (QED) is 0.204. The number of benzene rings is 4. The summed E-state index contributed by atoms with van der Waals surface area (Å²) in [6.45, 7) is 3.81. The highest BCUT2D eigenvalue weighted by Crippen LogP contribution is 2.27. The first-order chi connectivity index (χ1) is 15.5. The van der Waals surface area contributed by atoms with Gasteiger partial charge in [0.05, 0.1) is 11.1 Å². The molecule has 4 nitrogen and oxygen atoms in total. The number of hydrogen-bond acceptors (Lipinski definition) is 4. The van der Waals surface area contributed by atoms with Gasteiger partial charge in [0.1, 0.15) is 0 Å². The highest BCUT2D eigenvalue weighted by atomic mass is 17.2. The summed E-state index contributed by atoms with van der Waals surface area (Å²) in [7, 11) is 0. The van der Waals surface area contributed by atoms with Crippen LogP contribution in [0, 0.1) is 13.8 Å². The Morgan fingerprint density at radius 2 is 0.906 bits per heavy atom. The van der Waals surface area contributed by atoms with E-state index in [1.54, 1.807) is 48.5 Å². The predicted molar refractivity (Wildman–Crippen MR) is 123 cm³/mol. The fourth-order valence-electron chi connectivity index (χ4n) is 3.37. The molecule has 0 fully saturated rings. The van der Waals surface area contributed by atoms with Crippen LogP contribution in [0.2, 0.25) is 0 Å². The van der Waals surface area contributed by atoms with Crippen LogP contribution in [0.5, 0.6) is 11.5 Å². The Balaban J connectivity index is 1.64. The monoisotopic (exact) mass is 422 g/mol. The SMILES string of the molecule is Cc1ccc(OOc2ccc(C)cc2C(=O)c2ccccc2)c(C(=O)c2ccccc2)c1. The number of carbonyl (C=O) groups is 2. The van der Waals surface area contributed by atoms with Crippen LogP contribution in [-0.2, 0) is 0 Å². The second-order valence-electron chi connectivity index (χ2n) is 7.56. The second-order valence-corrected chi connectivity index (χ2v) is 7.56. The normalized spacial score (nSPS) is 10.4. The standard InChI is InChI=1S/C28H22O4/c1-19-13-15-25(23(17-19)27(29)21-9-5-3-6-10-21)31-32-26-16-14-20(2)18-24(26)28(30)22-11-7-4-8-12-22/h3-18H,1-2H3. The van der Waals surface area contributed by atoms with Gasteiger partial charge in [0, 0.05) is 11.1 Å². The van der Waals surface area contributed by atoms with Crippen LogP contribution in [0.25, 0.3) is 0 Å². The van der Waals surface area contributed by atoms with Crippen LogP contribution in [-0.4, -0.2) is 11.6 Å². The van der Waals surface area contributed by atoms with Gasteiger partial charge in [0.25, 0.3) is 0 Å². The molecule has 4 aromatic rings. The van der Waals surface area contributed by atoms with Crippen molar-refractivity contribution in [2.45, 2.75) is 13.8 Å². The van der Waals surface area contributed by atoms with E-state index in [1.165, 1.54) is 0 Å². The molecule has 4 aromatic carbocycles. The summed E-state index contributed by atoms with van der Waals surface area (Å²) in [6, 6.07) is 28.6. The Kier molecular flexibility index (Phi) is 6.13. The molecule has 0 unspecified atom stereocenters. The van der Waals surface area contributed by atoms with E-state index in [9.17, 15) is 9.59 Å². The van der Waals surface area contributed by atoms with Crippen molar-refractivity contribution in [2.24, 2.45) is 0 Å². The lowest BCUT2D eigenvalue weighted by Crippen LogP contribution is -2.11. The number of carbonyl (C=O) groups excluding carboxylic acids is 2. The predicted octanol–water partition coefficient (Wildman–Crippen LogP) is 6.14. The average Bonchev–Trinajstić information content (AvgIpc) is 2.84. The summed E-state index contributed by atoms with van der Waals surface area (Å²) >= 11 is 0. The van der Waals surface area contributed by atoms with E-state index in [1.807, 2.05) is 62.4 Å². The summed E-state index contributed by atoms with van der Waals surface area (Å²) in [4.78, 5) is 37.3. The Labute approximate surface area is 187 Å². The molecular weight excluding hydrogens is 400 g/mol. The topological polar surface area (TPSA) is 52.6 Å². The molecule has 0 radical (unpaired) electrons.